The summed E-state index contributed by atoms with van der Waals surface area (Å²) < 4.78 is 25.7. The quantitative estimate of drug-likeness (QED) is 0.685. The zero-order chi connectivity index (χ0) is 20.0. The normalized spacial score (nSPS) is 11.3. The molecular weight excluding hydrogens is 407 g/mol. The Labute approximate surface area is 170 Å². The molecule has 0 bridgehead atoms. The van der Waals surface area contributed by atoms with Crippen LogP contribution in [0, 0.1) is 6.92 Å². The van der Waals surface area contributed by atoms with Gasteiger partial charge in [0, 0.05) is 29.6 Å². The molecule has 0 aliphatic heterocycles. The van der Waals surface area contributed by atoms with Gasteiger partial charge in [-0.2, -0.15) is 0 Å². The summed E-state index contributed by atoms with van der Waals surface area (Å²) in [6, 6.07) is 12.3. The lowest BCUT2D eigenvalue weighted by Gasteiger charge is -2.24. The Bertz CT molecular complexity index is 900. The number of hydrogen-bond acceptors (Lipinski definition) is 3. The second kappa shape index (κ2) is 9.44. The van der Waals surface area contributed by atoms with E-state index in [0.717, 1.165) is 17.4 Å². The zero-order valence-corrected chi connectivity index (χ0v) is 17.5. The van der Waals surface area contributed by atoms with Gasteiger partial charge in [0.2, 0.25) is 15.9 Å². The van der Waals surface area contributed by atoms with Gasteiger partial charge in [-0.1, -0.05) is 41.4 Å². The number of nitrogens with one attached hydrogen (secondary N) is 1. The van der Waals surface area contributed by atoms with E-state index < -0.39 is 10.0 Å². The SMILES string of the molecule is Cc1ccc(Cl)cc1N(CCCC(=O)NCc1ccc(Cl)cc1)S(C)(=O)=O. The molecule has 146 valence electrons. The lowest BCUT2D eigenvalue weighted by Crippen LogP contribution is -2.32. The van der Waals surface area contributed by atoms with Crippen molar-refractivity contribution < 1.29 is 13.2 Å². The van der Waals surface area contributed by atoms with Crippen LogP contribution < -0.4 is 9.62 Å². The van der Waals surface area contributed by atoms with E-state index in [2.05, 4.69) is 5.32 Å². The zero-order valence-electron chi connectivity index (χ0n) is 15.2. The van der Waals surface area contributed by atoms with Gasteiger partial charge in [0.1, 0.15) is 0 Å². The first-order valence-electron chi connectivity index (χ1n) is 8.42. The molecule has 27 heavy (non-hydrogen) atoms. The molecule has 0 fully saturated rings. The maximum Gasteiger partial charge on any atom is 0.232 e. The van der Waals surface area contributed by atoms with E-state index in [9.17, 15) is 13.2 Å². The van der Waals surface area contributed by atoms with E-state index in [4.69, 9.17) is 23.2 Å². The summed E-state index contributed by atoms with van der Waals surface area (Å²) in [5.41, 5.74) is 2.28. The smallest absolute Gasteiger partial charge is 0.232 e. The van der Waals surface area contributed by atoms with Crippen molar-refractivity contribution >= 4 is 44.8 Å². The largest absolute Gasteiger partial charge is 0.352 e. The van der Waals surface area contributed by atoms with Gasteiger partial charge < -0.3 is 5.32 Å². The maximum absolute atomic E-state index is 12.2. The molecule has 1 N–H and O–H groups in total. The number of carbonyl (C=O) groups excluding carboxylic acids is 1. The summed E-state index contributed by atoms with van der Waals surface area (Å²) in [6.07, 6.45) is 1.76. The highest BCUT2D eigenvalue weighted by Crippen LogP contribution is 2.26. The van der Waals surface area contributed by atoms with E-state index in [0.29, 0.717) is 28.7 Å². The van der Waals surface area contributed by atoms with Crippen LogP contribution in [0.3, 0.4) is 0 Å². The van der Waals surface area contributed by atoms with Gasteiger partial charge in [-0.15, -0.1) is 0 Å². The Kier molecular flexibility index (Phi) is 7.53. The van der Waals surface area contributed by atoms with Crippen LogP contribution >= 0.6 is 23.2 Å². The predicted molar refractivity (Wildman–Crippen MR) is 111 cm³/mol. The van der Waals surface area contributed by atoms with E-state index in [1.165, 1.54) is 4.31 Å². The number of benzene rings is 2. The summed E-state index contributed by atoms with van der Waals surface area (Å²) in [6.45, 7) is 2.43. The van der Waals surface area contributed by atoms with E-state index in [-0.39, 0.29) is 18.9 Å². The summed E-state index contributed by atoms with van der Waals surface area (Å²) >= 11 is 11.8. The van der Waals surface area contributed by atoms with Crippen LogP contribution in [0.25, 0.3) is 0 Å². The van der Waals surface area contributed by atoms with Gasteiger partial charge in [0.25, 0.3) is 0 Å². The lowest BCUT2D eigenvalue weighted by molar-refractivity contribution is -0.121. The van der Waals surface area contributed by atoms with Crippen LogP contribution in [0.2, 0.25) is 10.0 Å². The van der Waals surface area contributed by atoms with Gasteiger partial charge in [-0.05, 0) is 48.7 Å². The molecule has 0 unspecified atom stereocenters. The average molecular weight is 429 g/mol. The molecule has 5 nitrogen and oxygen atoms in total. The van der Waals surface area contributed by atoms with Crippen LogP contribution in [-0.2, 0) is 21.4 Å². The van der Waals surface area contributed by atoms with Crippen molar-refractivity contribution in [3.8, 4) is 0 Å². The Morgan fingerprint density at radius 3 is 2.33 bits per heavy atom. The van der Waals surface area contributed by atoms with Crippen molar-refractivity contribution in [3.63, 3.8) is 0 Å². The first-order valence-corrected chi connectivity index (χ1v) is 11.0. The minimum atomic E-state index is -3.48. The van der Waals surface area contributed by atoms with Crippen LogP contribution in [0.15, 0.2) is 42.5 Å². The summed E-state index contributed by atoms with van der Waals surface area (Å²) in [5.74, 6) is -0.138. The number of nitrogens with zero attached hydrogens (tertiary/aromatic N) is 1. The first kappa shape index (κ1) is 21.5. The van der Waals surface area contributed by atoms with E-state index in [1.807, 2.05) is 19.1 Å². The molecule has 1 amide bonds. The molecule has 0 aliphatic rings. The van der Waals surface area contributed by atoms with Crippen molar-refractivity contribution in [3.05, 3.63) is 63.6 Å². The first-order chi connectivity index (χ1) is 12.7. The minimum Gasteiger partial charge on any atom is -0.352 e. The van der Waals surface area contributed by atoms with Crippen molar-refractivity contribution in [2.75, 3.05) is 17.1 Å². The highest BCUT2D eigenvalue weighted by molar-refractivity contribution is 7.92. The third-order valence-electron chi connectivity index (χ3n) is 4.01. The number of rotatable bonds is 8. The van der Waals surface area contributed by atoms with Gasteiger partial charge >= 0.3 is 0 Å². The molecule has 0 saturated heterocycles. The second-order valence-corrected chi connectivity index (χ2v) is 9.05. The number of aryl methyl sites for hydroxylation is 1. The number of sulfonamides is 1. The molecule has 0 radical (unpaired) electrons. The molecule has 0 atom stereocenters. The molecule has 0 saturated carbocycles. The third kappa shape index (κ3) is 6.72. The maximum atomic E-state index is 12.2. The monoisotopic (exact) mass is 428 g/mol. The van der Waals surface area contributed by atoms with E-state index in [1.54, 1.807) is 30.3 Å². The van der Waals surface area contributed by atoms with Gasteiger partial charge in [-0.3, -0.25) is 9.10 Å². The lowest BCUT2D eigenvalue weighted by atomic mass is 10.2. The van der Waals surface area contributed by atoms with Crippen LogP contribution in [0.4, 0.5) is 5.69 Å². The van der Waals surface area contributed by atoms with Crippen molar-refractivity contribution in [2.24, 2.45) is 0 Å². The predicted octanol–water partition coefficient (Wildman–Crippen LogP) is 4.16. The minimum absolute atomic E-state index is 0.138. The Morgan fingerprint density at radius 2 is 1.70 bits per heavy atom. The molecule has 0 aliphatic carbocycles. The summed E-state index contributed by atoms with van der Waals surface area (Å²) in [4.78, 5) is 12.0. The number of amides is 1. The topological polar surface area (TPSA) is 66.5 Å². The Morgan fingerprint density at radius 1 is 1.07 bits per heavy atom. The molecule has 2 rings (SSSR count). The molecule has 0 aromatic heterocycles. The average Bonchev–Trinajstić information content (AvgIpc) is 2.59. The fourth-order valence-corrected chi connectivity index (χ4v) is 3.90. The molecule has 0 heterocycles. The highest BCUT2D eigenvalue weighted by Gasteiger charge is 2.19. The van der Waals surface area contributed by atoms with Gasteiger partial charge in [0.05, 0.1) is 11.9 Å². The summed E-state index contributed by atoms with van der Waals surface area (Å²) in [5, 5.41) is 3.92. The molecule has 2 aromatic carbocycles. The van der Waals surface area contributed by atoms with Gasteiger partial charge in [0.15, 0.2) is 0 Å². The van der Waals surface area contributed by atoms with Crippen LogP contribution in [-0.4, -0.2) is 27.1 Å². The van der Waals surface area contributed by atoms with Gasteiger partial charge in [-0.25, -0.2) is 8.42 Å². The van der Waals surface area contributed by atoms with Crippen LogP contribution in [0.1, 0.15) is 24.0 Å². The van der Waals surface area contributed by atoms with Crippen molar-refractivity contribution in [1.82, 2.24) is 5.32 Å². The highest BCUT2D eigenvalue weighted by atomic mass is 35.5. The van der Waals surface area contributed by atoms with Crippen LogP contribution in [0.5, 0.6) is 0 Å². The molecule has 2 aromatic rings. The Hall–Kier alpha value is -1.76. The van der Waals surface area contributed by atoms with Crippen molar-refractivity contribution in [1.29, 1.82) is 0 Å². The third-order valence-corrected chi connectivity index (χ3v) is 5.68. The Balaban J connectivity index is 1.92. The summed E-state index contributed by atoms with van der Waals surface area (Å²) in [7, 11) is -3.48. The second-order valence-electron chi connectivity index (χ2n) is 6.27. The standard InChI is InChI=1S/C19H22Cl2N2O3S/c1-14-5-8-17(21)12-18(14)23(27(2,25)26)11-3-4-19(24)22-13-15-6-9-16(20)10-7-15/h5-10,12H,3-4,11,13H2,1-2H3,(H,22,24). The van der Waals surface area contributed by atoms with Crippen molar-refractivity contribution in [2.45, 2.75) is 26.3 Å². The fraction of sp³-hybridized carbons (Fsp3) is 0.316. The number of halogens is 2. The fourth-order valence-electron chi connectivity index (χ4n) is 2.59. The molecular formula is C19H22Cl2N2O3S. The molecule has 8 heteroatoms. The van der Waals surface area contributed by atoms with E-state index >= 15 is 0 Å². The number of anilines is 1. The number of carbonyl (C=O) groups is 1. The number of hydrogen-bond donors (Lipinski definition) is 1. The molecule has 0 spiro atoms.